The molecule has 1 aliphatic heterocycles. The molecule has 0 spiro atoms. The van der Waals surface area contributed by atoms with Crippen LogP contribution in [0.15, 0.2) is 47.4 Å². The molecule has 0 aliphatic carbocycles. The molecule has 1 aliphatic rings. The summed E-state index contributed by atoms with van der Waals surface area (Å²) in [5.74, 6) is -3.71. The van der Waals surface area contributed by atoms with E-state index in [-0.39, 0.29) is 38.6 Å². The van der Waals surface area contributed by atoms with Gasteiger partial charge in [0, 0.05) is 24.7 Å². The predicted octanol–water partition coefficient (Wildman–Crippen LogP) is 4.33. The van der Waals surface area contributed by atoms with Crippen LogP contribution in [0.1, 0.15) is 30.7 Å². The molecule has 2 heterocycles. The zero-order chi connectivity index (χ0) is 27.4. The van der Waals surface area contributed by atoms with E-state index in [2.05, 4.69) is 10.3 Å². The molecule has 2 aromatic carbocycles. The van der Waals surface area contributed by atoms with Crippen LogP contribution in [0.4, 0.5) is 13.9 Å². The minimum absolute atomic E-state index is 0.0248. The topological polar surface area (TPSA) is 115 Å². The normalized spacial score (nSPS) is 14.4. The molecular weight excluding hydrogens is 564 g/mol. The van der Waals surface area contributed by atoms with Crippen LogP contribution >= 0.6 is 22.9 Å². The standard InChI is InChI=1S/C24H22ClF2N3O6S2/c1-2-35-20(31)13-18-22(25)37-24(28-18)29-23(32)21(36-19-8-7-15(26)12-17(19)27)14-5-3-6-16(11-14)38(33,34)30-9-4-10-30/h3,5-8,11-12,21H,2,4,9-10,13H2,1H3,(H,28,29,32). The predicted molar refractivity (Wildman–Crippen MR) is 136 cm³/mol. The molecule has 1 saturated heterocycles. The van der Waals surface area contributed by atoms with E-state index >= 15 is 0 Å². The number of anilines is 1. The Labute approximate surface area is 226 Å². The van der Waals surface area contributed by atoms with Gasteiger partial charge in [-0.1, -0.05) is 35.1 Å². The van der Waals surface area contributed by atoms with E-state index in [1.807, 2.05) is 0 Å². The van der Waals surface area contributed by atoms with Gasteiger partial charge in [-0.25, -0.2) is 22.2 Å². The van der Waals surface area contributed by atoms with E-state index in [9.17, 15) is 26.8 Å². The number of rotatable bonds is 10. The number of aromatic nitrogens is 1. The van der Waals surface area contributed by atoms with Crippen LogP contribution in [0.2, 0.25) is 4.34 Å². The highest BCUT2D eigenvalue weighted by Gasteiger charge is 2.32. The maximum atomic E-state index is 14.4. The van der Waals surface area contributed by atoms with Crippen LogP contribution in [0.25, 0.3) is 0 Å². The number of hydrogen-bond donors (Lipinski definition) is 1. The minimum atomic E-state index is -3.80. The first-order chi connectivity index (χ1) is 18.1. The third-order valence-corrected chi connectivity index (χ3v) is 8.63. The van der Waals surface area contributed by atoms with Gasteiger partial charge in [0.05, 0.1) is 23.6 Å². The van der Waals surface area contributed by atoms with Crippen molar-refractivity contribution in [3.63, 3.8) is 0 Å². The van der Waals surface area contributed by atoms with Crippen molar-refractivity contribution >= 4 is 50.0 Å². The van der Waals surface area contributed by atoms with Crippen LogP contribution in [0.3, 0.4) is 0 Å². The number of amides is 1. The number of benzene rings is 2. The number of nitrogens with one attached hydrogen (secondary N) is 1. The molecule has 0 saturated carbocycles. The van der Waals surface area contributed by atoms with Crippen molar-refractivity contribution < 1.29 is 36.3 Å². The highest BCUT2D eigenvalue weighted by Crippen LogP contribution is 2.32. The van der Waals surface area contributed by atoms with Gasteiger partial charge in [-0.05, 0) is 37.6 Å². The number of halogens is 3. The summed E-state index contributed by atoms with van der Waals surface area (Å²) < 4.78 is 65.6. The summed E-state index contributed by atoms with van der Waals surface area (Å²) in [6.45, 7) is 2.59. The second-order valence-electron chi connectivity index (χ2n) is 8.11. The van der Waals surface area contributed by atoms with Crippen LogP contribution < -0.4 is 10.1 Å². The van der Waals surface area contributed by atoms with Crippen molar-refractivity contribution in [2.75, 3.05) is 25.0 Å². The first-order valence-electron chi connectivity index (χ1n) is 11.4. The number of carbonyl (C=O) groups excluding carboxylic acids is 2. The van der Waals surface area contributed by atoms with Crippen LogP contribution in [0, 0.1) is 11.6 Å². The van der Waals surface area contributed by atoms with E-state index in [1.165, 1.54) is 28.6 Å². The molecule has 1 unspecified atom stereocenters. The van der Waals surface area contributed by atoms with Crippen LogP contribution in [0.5, 0.6) is 5.75 Å². The maximum absolute atomic E-state index is 14.4. The van der Waals surface area contributed by atoms with Crippen molar-refractivity contribution in [2.24, 2.45) is 0 Å². The van der Waals surface area contributed by atoms with E-state index in [1.54, 1.807) is 6.92 Å². The molecule has 38 heavy (non-hydrogen) atoms. The third kappa shape index (κ3) is 6.29. The lowest BCUT2D eigenvalue weighted by atomic mass is 10.1. The number of thiazole rings is 1. The van der Waals surface area contributed by atoms with Crippen molar-refractivity contribution in [3.05, 3.63) is 69.7 Å². The molecule has 1 fully saturated rings. The Morgan fingerprint density at radius 2 is 1.97 bits per heavy atom. The van der Waals surface area contributed by atoms with Crippen LogP contribution in [-0.2, 0) is 30.8 Å². The number of carbonyl (C=O) groups is 2. The molecule has 202 valence electrons. The summed E-state index contributed by atoms with van der Waals surface area (Å²) in [5, 5.41) is 2.54. The van der Waals surface area contributed by atoms with Gasteiger partial charge >= 0.3 is 5.97 Å². The summed E-state index contributed by atoms with van der Waals surface area (Å²) in [6, 6.07) is 8.10. The minimum Gasteiger partial charge on any atom is -0.473 e. The van der Waals surface area contributed by atoms with Crippen molar-refractivity contribution in [2.45, 2.75) is 30.8 Å². The Morgan fingerprint density at radius 1 is 1.21 bits per heavy atom. The Hall–Kier alpha value is -3.13. The molecule has 1 atom stereocenters. The lowest BCUT2D eigenvalue weighted by Gasteiger charge is -2.30. The molecule has 1 amide bonds. The van der Waals surface area contributed by atoms with Crippen molar-refractivity contribution in [3.8, 4) is 5.75 Å². The zero-order valence-electron chi connectivity index (χ0n) is 19.9. The van der Waals surface area contributed by atoms with E-state index in [0.717, 1.165) is 29.9 Å². The van der Waals surface area contributed by atoms with Crippen molar-refractivity contribution in [1.29, 1.82) is 0 Å². The molecule has 1 N–H and O–H groups in total. The van der Waals surface area contributed by atoms with E-state index < -0.39 is 45.4 Å². The van der Waals surface area contributed by atoms with Gasteiger partial charge in [0.15, 0.2) is 16.7 Å². The van der Waals surface area contributed by atoms with Gasteiger partial charge in [0.1, 0.15) is 10.2 Å². The lowest BCUT2D eigenvalue weighted by molar-refractivity contribution is -0.142. The van der Waals surface area contributed by atoms with Gasteiger partial charge < -0.3 is 9.47 Å². The van der Waals surface area contributed by atoms with E-state index in [4.69, 9.17) is 21.1 Å². The third-order valence-electron chi connectivity index (χ3n) is 5.49. The summed E-state index contributed by atoms with van der Waals surface area (Å²) in [4.78, 5) is 29.2. The molecule has 3 aromatic rings. The van der Waals surface area contributed by atoms with Gasteiger partial charge in [-0.15, -0.1) is 0 Å². The smallest absolute Gasteiger partial charge is 0.311 e. The van der Waals surface area contributed by atoms with Crippen LogP contribution in [-0.4, -0.2) is 49.3 Å². The molecule has 1 aromatic heterocycles. The first-order valence-corrected chi connectivity index (χ1v) is 14.1. The van der Waals surface area contributed by atoms with Gasteiger partial charge in [0.2, 0.25) is 16.1 Å². The van der Waals surface area contributed by atoms with Crippen molar-refractivity contribution in [1.82, 2.24) is 9.29 Å². The zero-order valence-corrected chi connectivity index (χ0v) is 22.3. The number of nitrogens with zero attached hydrogens (tertiary/aromatic N) is 2. The number of hydrogen-bond acceptors (Lipinski definition) is 8. The summed E-state index contributed by atoms with van der Waals surface area (Å²) in [7, 11) is -3.80. The number of sulfonamides is 1. The lowest BCUT2D eigenvalue weighted by Crippen LogP contribution is -2.41. The highest BCUT2D eigenvalue weighted by molar-refractivity contribution is 7.89. The Bertz CT molecular complexity index is 1460. The fourth-order valence-electron chi connectivity index (χ4n) is 3.50. The quantitative estimate of drug-likeness (QED) is 0.352. The SMILES string of the molecule is CCOC(=O)Cc1nc(NC(=O)C(Oc2ccc(F)cc2F)c2cccc(S(=O)(=O)N3CCC3)c2)sc1Cl. The fourth-order valence-corrected chi connectivity index (χ4v) is 6.11. The number of ether oxygens (including phenoxy) is 2. The second-order valence-corrected chi connectivity index (χ2v) is 11.7. The molecule has 0 bridgehead atoms. The summed E-state index contributed by atoms with van der Waals surface area (Å²) in [5.41, 5.74) is 0.289. The molecule has 0 radical (unpaired) electrons. The first kappa shape index (κ1) is 27.9. The largest absolute Gasteiger partial charge is 0.473 e. The monoisotopic (exact) mass is 585 g/mol. The fraction of sp³-hybridized carbons (Fsp3) is 0.292. The number of esters is 1. The molecule has 4 rings (SSSR count). The molecule has 14 heteroatoms. The molecule has 9 nitrogen and oxygen atoms in total. The van der Waals surface area contributed by atoms with E-state index in [0.29, 0.717) is 19.2 Å². The Kier molecular flexibility index (Phi) is 8.61. The second kappa shape index (κ2) is 11.7. The van der Waals surface area contributed by atoms with Gasteiger partial charge in [-0.3, -0.25) is 14.9 Å². The Balaban J connectivity index is 1.64. The maximum Gasteiger partial charge on any atom is 0.311 e. The van der Waals surface area contributed by atoms with Gasteiger partial charge in [-0.2, -0.15) is 4.31 Å². The highest BCUT2D eigenvalue weighted by atomic mass is 35.5. The Morgan fingerprint density at radius 3 is 2.63 bits per heavy atom. The summed E-state index contributed by atoms with van der Waals surface area (Å²) >= 11 is 7.05. The van der Waals surface area contributed by atoms with Gasteiger partial charge in [0.25, 0.3) is 5.91 Å². The average molecular weight is 586 g/mol. The molecular formula is C24H22ClF2N3O6S2. The summed E-state index contributed by atoms with van der Waals surface area (Å²) in [6.07, 6.45) is -1.03. The average Bonchev–Trinajstić information content (AvgIpc) is 3.15.